The third-order valence-corrected chi connectivity index (χ3v) is 6.10. The Bertz CT molecular complexity index is 870. The molecule has 1 saturated heterocycles. The SMILES string of the molecule is Cl.c1ccc(COCC(CN(Cc2ccccc2)c2ccccc2)N2CCCCC2)cc1. The molecule has 170 valence electrons. The Labute approximate surface area is 199 Å². The zero-order valence-corrected chi connectivity index (χ0v) is 19.6. The number of nitrogens with zero attached hydrogens (tertiary/aromatic N) is 2. The molecule has 1 unspecified atom stereocenters. The second-order valence-corrected chi connectivity index (χ2v) is 8.45. The summed E-state index contributed by atoms with van der Waals surface area (Å²) in [6.07, 6.45) is 3.93. The minimum atomic E-state index is 0. The molecule has 1 atom stereocenters. The summed E-state index contributed by atoms with van der Waals surface area (Å²) < 4.78 is 6.25. The smallest absolute Gasteiger partial charge is 0.0717 e. The van der Waals surface area contributed by atoms with E-state index in [0.29, 0.717) is 12.6 Å². The Balaban J connectivity index is 0.00000289. The van der Waals surface area contributed by atoms with Gasteiger partial charge in [-0.2, -0.15) is 0 Å². The summed E-state index contributed by atoms with van der Waals surface area (Å²) >= 11 is 0. The lowest BCUT2D eigenvalue weighted by atomic mass is 10.1. The highest BCUT2D eigenvalue weighted by Gasteiger charge is 2.24. The Kier molecular flexibility index (Phi) is 10.1. The standard InChI is InChI=1S/C28H34N2O.ClH/c1-5-13-25(14-6-1)21-30(27-17-9-3-10-18-27)22-28(29-19-11-4-12-20-29)24-31-23-26-15-7-2-8-16-26;/h1-3,5-10,13-18,28H,4,11-12,19-24H2;1H. The molecular formula is C28H35ClN2O. The molecule has 4 heteroatoms. The second kappa shape index (κ2) is 13.3. The number of likely N-dealkylation sites (tertiary alicyclic amines) is 1. The average Bonchev–Trinajstić information content (AvgIpc) is 2.85. The molecule has 0 spiro atoms. The highest BCUT2D eigenvalue weighted by Crippen LogP contribution is 2.21. The highest BCUT2D eigenvalue weighted by atomic mass is 35.5. The zero-order chi connectivity index (χ0) is 21.1. The fraction of sp³-hybridized carbons (Fsp3) is 0.357. The van der Waals surface area contributed by atoms with Crippen molar-refractivity contribution in [1.82, 2.24) is 4.90 Å². The quantitative estimate of drug-likeness (QED) is 0.366. The zero-order valence-electron chi connectivity index (χ0n) is 18.8. The number of hydrogen-bond donors (Lipinski definition) is 0. The third kappa shape index (κ3) is 7.37. The van der Waals surface area contributed by atoms with Crippen molar-refractivity contribution in [3.05, 3.63) is 102 Å². The van der Waals surface area contributed by atoms with Crippen molar-refractivity contribution in [2.75, 3.05) is 31.1 Å². The molecule has 1 fully saturated rings. The molecule has 3 aromatic carbocycles. The molecule has 0 radical (unpaired) electrons. The van der Waals surface area contributed by atoms with Crippen LogP contribution < -0.4 is 4.90 Å². The van der Waals surface area contributed by atoms with Gasteiger partial charge in [-0.3, -0.25) is 4.90 Å². The van der Waals surface area contributed by atoms with Crippen LogP contribution in [0, 0.1) is 0 Å². The molecule has 4 rings (SSSR count). The summed E-state index contributed by atoms with van der Waals surface area (Å²) in [4.78, 5) is 5.16. The van der Waals surface area contributed by atoms with Crippen LogP contribution in [0.5, 0.6) is 0 Å². The van der Waals surface area contributed by atoms with Crippen molar-refractivity contribution in [1.29, 1.82) is 0 Å². The number of ether oxygens (including phenoxy) is 1. The molecule has 3 nitrogen and oxygen atoms in total. The van der Waals surface area contributed by atoms with Crippen molar-refractivity contribution in [2.24, 2.45) is 0 Å². The summed E-state index contributed by atoms with van der Waals surface area (Å²) in [5.41, 5.74) is 3.86. The van der Waals surface area contributed by atoms with Crippen LogP contribution in [0.1, 0.15) is 30.4 Å². The van der Waals surface area contributed by atoms with Crippen LogP contribution in [0.4, 0.5) is 5.69 Å². The van der Waals surface area contributed by atoms with Gasteiger partial charge in [0.25, 0.3) is 0 Å². The van der Waals surface area contributed by atoms with E-state index in [1.807, 2.05) is 0 Å². The minimum Gasteiger partial charge on any atom is -0.375 e. The first kappa shape index (κ1) is 24.3. The number of benzene rings is 3. The maximum Gasteiger partial charge on any atom is 0.0717 e. The van der Waals surface area contributed by atoms with Gasteiger partial charge in [0.05, 0.1) is 19.3 Å². The van der Waals surface area contributed by atoms with E-state index in [4.69, 9.17) is 4.74 Å². The normalized spacial score (nSPS) is 15.0. The molecule has 1 aliphatic rings. The first-order valence-corrected chi connectivity index (χ1v) is 11.6. The Hall–Kier alpha value is -2.33. The van der Waals surface area contributed by atoms with Crippen molar-refractivity contribution in [3.63, 3.8) is 0 Å². The van der Waals surface area contributed by atoms with E-state index in [2.05, 4.69) is 101 Å². The van der Waals surface area contributed by atoms with Gasteiger partial charge in [-0.15, -0.1) is 12.4 Å². The molecule has 0 aromatic heterocycles. The van der Waals surface area contributed by atoms with E-state index in [1.54, 1.807) is 0 Å². The average molecular weight is 451 g/mol. The van der Waals surface area contributed by atoms with Crippen molar-refractivity contribution in [3.8, 4) is 0 Å². The molecule has 1 aliphatic heterocycles. The molecule has 0 aliphatic carbocycles. The van der Waals surface area contributed by atoms with Gasteiger partial charge in [-0.25, -0.2) is 0 Å². The van der Waals surface area contributed by atoms with Gasteiger partial charge in [0.1, 0.15) is 0 Å². The van der Waals surface area contributed by atoms with Crippen molar-refractivity contribution < 1.29 is 4.74 Å². The van der Waals surface area contributed by atoms with Gasteiger partial charge in [-0.1, -0.05) is 85.3 Å². The minimum absolute atomic E-state index is 0. The number of piperidine rings is 1. The van der Waals surface area contributed by atoms with E-state index in [9.17, 15) is 0 Å². The van der Waals surface area contributed by atoms with E-state index >= 15 is 0 Å². The lowest BCUT2D eigenvalue weighted by Gasteiger charge is -2.38. The van der Waals surface area contributed by atoms with Gasteiger partial charge >= 0.3 is 0 Å². The summed E-state index contributed by atoms with van der Waals surface area (Å²) in [6, 6.07) is 32.5. The van der Waals surface area contributed by atoms with Crippen LogP contribution in [0.15, 0.2) is 91.0 Å². The number of hydrogen-bond acceptors (Lipinski definition) is 3. The molecule has 3 aromatic rings. The highest BCUT2D eigenvalue weighted by molar-refractivity contribution is 5.85. The van der Waals surface area contributed by atoms with Crippen molar-refractivity contribution >= 4 is 18.1 Å². The maximum absolute atomic E-state index is 6.25. The fourth-order valence-corrected chi connectivity index (χ4v) is 4.40. The summed E-state index contributed by atoms with van der Waals surface area (Å²) in [5.74, 6) is 0. The van der Waals surface area contributed by atoms with Crippen LogP contribution in [0.2, 0.25) is 0 Å². The predicted octanol–water partition coefficient (Wildman–Crippen LogP) is 6.19. The van der Waals surface area contributed by atoms with Crippen LogP contribution in [0.3, 0.4) is 0 Å². The first-order valence-electron chi connectivity index (χ1n) is 11.6. The molecule has 1 heterocycles. The van der Waals surface area contributed by atoms with Crippen LogP contribution in [-0.2, 0) is 17.9 Å². The summed E-state index contributed by atoms with van der Waals surface area (Å²) in [7, 11) is 0. The maximum atomic E-state index is 6.25. The van der Waals surface area contributed by atoms with Crippen LogP contribution in [-0.4, -0.2) is 37.2 Å². The van der Waals surface area contributed by atoms with Crippen LogP contribution >= 0.6 is 12.4 Å². The first-order chi connectivity index (χ1) is 15.4. The molecule has 0 bridgehead atoms. The van der Waals surface area contributed by atoms with E-state index in [1.165, 1.54) is 49.2 Å². The Morgan fingerprint density at radius 1 is 0.719 bits per heavy atom. The molecule has 32 heavy (non-hydrogen) atoms. The van der Waals surface area contributed by atoms with Gasteiger partial charge in [0.15, 0.2) is 0 Å². The van der Waals surface area contributed by atoms with Gasteiger partial charge in [-0.05, 0) is 49.2 Å². The van der Waals surface area contributed by atoms with Crippen molar-refractivity contribution in [2.45, 2.75) is 38.5 Å². The number of halogens is 1. The molecule has 0 N–H and O–H groups in total. The molecule has 0 saturated carbocycles. The lowest BCUT2D eigenvalue weighted by Crippen LogP contribution is -2.48. The second-order valence-electron chi connectivity index (χ2n) is 8.45. The van der Waals surface area contributed by atoms with E-state index in [-0.39, 0.29) is 12.4 Å². The Morgan fingerprint density at radius 3 is 1.91 bits per heavy atom. The van der Waals surface area contributed by atoms with Gasteiger partial charge in [0, 0.05) is 18.8 Å². The molecular weight excluding hydrogens is 416 g/mol. The van der Waals surface area contributed by atoms with Gasteiger partial charge in [0.2, 0.25) is 0 Å². The summed E-state index contributed by atoms with van der Waals surface area (Å²) in [5, 5.41) is 0. The topological polar surface area (TPSA) is 15.7 Å². The lowest BCUT2D eigenvalue weighted by molar-refractivity contribution is 0.0444. The molecule has 0 amide bonds. The fourth-order valence-electron chi connectivity index (χ4n) is 4.40. The van der Waals surface area contributed by atoms with E-state index in [0.717, 1.165) is 19.7 Å². The predicted molar refractivity (Wildman–Crippen MR) is 136 cm³/mol. The number of anilines is 1. The number of para-hydroxylation sites is 1. The van der Waals surface area contributed by atoms with Crippen LogP contribution in [0.25, 0.3) is 0 Å². The number of rotatable bonds is 10. The summed E-state index contributed by atoms with van der Waals surface area (Å²) in [6.45, 7) is 5.66. The largest absolute Gasteiger partial charge is 0.375 e. The third-order valence-electron chi connectivity index (χ3n) is 6.10. The monoisotopic (exact) mass is 450 g/mol. The Morgan fingerprint density at radius 2 is 1.28 bits per heavy atom. The van der Waals surface area contributed by atoms with E-state index < -0.39 is 0 Å². The van der Waals surface area contributed by atoms with Gasteiger partial charge < -0.3 is 9.64 Å².